The number of amides is 1. The molecule has 1 fully saturated rings. The second-order valence-corrected chi connectivity index (χ2v) is 10.9. The lowest BCUT2D eigenvalue weighted by Gasteiger charge is -2.35. The minimum atomic E-state index is -3.92. The molecule has 1 amide bonds. The van der Waals surface area contributed by atoms with Crippen LogP contribution in [0.3, 0.4) is 0 Å². The van der Waals surface area contributed by atoms with Crippen LogP contribution in [0.15, 0.2) is 53.4 Å². The van der Waals surface area contributed by atoms with Gasteiger partial charge in [-0.1, -0.05) is 43.1 Å². The molecule has 8 heteroatoms. The Balaban J connectivity index is 1.68. The van der Waals surface area contributed by atoms with Crippen LogP contribution < -0.4 is 9.62 Å². The van der Waals surface area contributed by atoms with Gasteiger partial charge in [0, 0.05) is 24.2 Å². The van der Waals surface area contributed by atoms with Crippen LogP contribution in [-0.2, 0) is 14.8 Å². The Morgan fingerprint density at radius 3 is 2.64 bits per heavy atom. The van der Waals surface area contributed by atoms with E-state index in [2.05, 4.69) is 17.1 Å². The summed E-state index contributed by atoms with van der Waals surface area (Å²) in [6.45, 7) is 6.30. The number of halogens is 1. The maximum absolute atomic E-state index is 13.4. The average Bonchev–Trinajstić information content (AvgIpc) is 2.81. The summed E-state index contributed by atoms with van der Waals surface area (Å²) >= 11 is 6.08. The molecule has 33 heavy (non-hydrogen) atoms. The third-order valence-corrected chi connectivity index (χ3v) is 8.22. The van der Waals surface area contributed by atoms with Gasteiger partial charge in [-0.05, 0) is 75.0 Å². The van der Waals surface area contributed by atoms with Crippen LogP contribution in [0.2, 0.25) is 5.02 Å². The largest absolute Gasteiger partial charge is 0.354 e. The first-order chi connectivity index (χ1) is 15.8. The van der Waals surface area contributed by atoms with Crippen molar-refractivity contribution in [2.75, 3.05) is 30.5 Å². The highest BCUT2D eigenvalue weighted by molar-refractivity contribution is 7.92. The Bertz CT molecular complexity index is 1030. The maximum Gasteiger partial charge on any atom is 0.264 e. The van der Waals surface area contributed by atoms with Gasteiger partial charge in [-0.3, -0.25) is 9.10 Å². The van der Waals surface area contributed by atoms with Gasteiger partial charge in [0.2, 0.25) is 5.91 Å². The third-order valence-electron chi connectivity index (χ3n) is 6.21. The van der Waals surface area contributed by atoms with Crippen molar-refractivity contribution in [2.24, 2.45) is 0 Å². The summed E-state index contributed by atoms with van der Waals surface area (Å²) in [7, 11) is -3.92. The van der Waals surface area contributed by atoms with Crippen molar-refractivity contribution in [1.29, 1.82) is 0 Å². The predicted molar refractivity (Wildman–Crippen MR) is 134 cm³/mol. The van der Waals surface area contributed by atoms with Gasteiger partial charge < -0.3 is 10.2 Å². The summed E-state index contributed by atoms with van der Waals surface area (Å²) in [6.07, 6.45) is 5.76. The monoisotopic (exact) mass is 491 g/mol. The lowest BCUT2D eigenvalue weighted by molar-refractivity contribution is -0.119. The van der Waals surface area contributed by atoms with Crippen molar-refractivity contribution in [2.45, 2.75) is 56.9 Å². The Morgan fingerprint density at radius 2 is 1.94 bits per heavy atom. The molecule has 1 saturated heterocycles. The summed E-state index contributed by atoms with van der Waals surface area (Å²) in [5, 5.41) is 3.43. The lowest BCUT2D eigenvalue weighted by Crippen LogP contribution is -2.43. The van der Waals surface area contributed by atoms with Crippen LogP contribution in [-0.4, -0.2) is 51.4 Å². The van der Waals surface area contributed by atoms with Gasteiger partial charge in [-0.2, -0.15) is 0 Å². The number of hydrogen-bond donors (Lipinski definition) is 1. The van der Waals surface area contributed by atoms with Gasteiger partial charge in [-0.15, -0.1) is 0 Å². The van der Waals surface area contributed by atoms with E-state index in [0.29, 0.717) is 28.9 Å². The van der Waals surface area contributed by atoms with Crippen LogP contribution in [0.1, 0.15) is 44.6 Å². The molecule has 1 aliphatic heterocycles. The second kappa shape index (κ2) is 11.9. The van der Waals surface area contributed by atoms with E-state index in [0.717, 1.165) is 25.9 Å². The quantitative estimate of drug-likeness (QED) is 0.492. The third kappa shape index (κ3) is 6.71. The van der Waals surface area contributed by atoms with Crippen molar-refractivity contribution in [3.63, 3.8) is 0 Å². The SMILES string of the molecule is CCC1CCCCN1CCCNC(=O)CN(c1ccc(Cl)cc1C)S(=O)(=O)c1ccccc1. The molecule has 2 aromatic rings. The number of benzene rings is 2. The van der Waals surface area contributed by atoms with Gasteiger partial charge in [0.1, 0.15) is 6.54 Å². The first-order valence-electron chi connectivity index (χ1n) is 11.7. The minimum absolute atomic E-state index is 0.142. The van der Waals surface area contributed by atoms with Crippen molar-refractivity contribution < 1.29 is 13.2 Å². The van der Waals surface area contributed by atoms with E-state index in [1.165, 1.54) is 35.7 Å². The topological polar surface area (TPSA) is 69.7 Å². The zero-order chi connectivity index (χ0) is 23.8. The molecule has 0 spiro atoms. The lowest BCUT2D eigenvalue weighted by atomic mass is 10.00. The van der Waals surface area contributed by atoms with Crippen LogP contribution >= 0.6 is 11.6 Å². The molecule has 6 nitrogen and oxygen atoms in total. The summed E-state index contributed by atoms with van der Waals surface area (Å²) in [5.41, 5.74) is 1.13. The van der Waals surface area contributed by atoms with Gasteiger partial charge in [-0.25, -0.2) is 8.42 Å². The number of sulfonamides is 1. The highest BCUT2D eigenvalue weighted by Gasteiger charge is 2.28. The molecule has 0 bridgehead atoms. The summed E-state index contributed by atoms with van der Waals surface area (Å²) in [5.74, 6) is -0.324. The highest BCUT2D eigenvalue weighted by atomic mass is 35.5. The van der Waals surface area contributed by atoms with E-state index in [-0.39, 0.29) is 17.3 Å². The highest BCUT2D eigenvalue weighted by Crippen LogP contribution is 2.28. The molecule has 3 rings (SSSR count). The molecule has 1 aliphatic rings. The Kier molecular flexibility index (Phi) is 9.18. The molecule has 0 saturated carbocycles. The molecule has 1 atom stereocenters. The number of nitrogens with one attached hydrogen (secondary N) is 1. The Hall–Kier alpha value is -2.09. The maximum atomic E-state index is 13.4. The predicted octanol–water partition coefficient (Wildman–Crippen LogP) is 4.61. The fourth-order valence-electron chi connectivity index (χ4n) is 4.43. The molecular weight excluding hydrogens is 458 g/mol. The standard InChI is InChI=1S/C25H34ClN3O3S/c1-3-22-10-7-8-16-28(22)17-9-15-27-25(30)19-29(24-14-13-21(26)18-20(24)2)33(31,32)23-11-5-4-6-12-23/h4-6,11-14,18,22H,3,7-10,15-17,19H2,1-2H3,(H,27,30). The van der Waals surface area contributed by atoms with E-state index in [9.17, 15) is 13.2 Å². The number of anilines is 1. The van der Waals surface area contributed by atoms with E-state index >= 15 is 0 Å². The average molecular weight is 492 g/mol. The van der Waals surface area contributed by atoms with Gasteiger partial charge in [0.25, 0.3) is 10.0 Å². The summed E-state index contributed by atoms with van der Waals surface area (Å²) in [6, 6.07) is 13.8. The zero-order valence-corrected chi connectivity index (χ0v) is 21.0. The van der Waals surface area contributed by atoms with Crippen LogP contribution in [0.5, 0.6) is 0 Å². The Morgan fingerprint density at radius 1 is 1.18 bits per heavy atom. The van der Waals surface area contributed by atoms with Gasteiger partial charge in [0.05, 0.1) is 10.6 Å². The van der Waals surface area contributed by atoms with Crippen LogP contribution in [0.25, 0.3) is 0 Å². The smallest absolute Gasteiger partial charge is 0.264 e. The van der Waals surface area contributed by atoms with Crippen LogP contribution in [0, 0.1) is 6.92 Å². The van der Waals surface area contributed by atoms with Crippen molar-refractivity contribution >= 4 is 33.2 Å². The molecule has 0 aromatic heterocycles. The van der Waals surface area contributed by atoms with Crippen molar-refractivity contribution in [3.05, 3.63) is 59.1 Å². The number of piperidine rings is 1. The summed E-state index contributed by atoms with van der Waals surface area (Å²) in [4.78, 5) is 15.5. The molecule has 1 N–H and O–H groups in total. The molecule has 0 radical (unpaired) electrons. The zero-order valence-electron chi connectivity index (χ0n) is 19.5. The summed E-state index contributed by atoms with van der Waals surface area (Å²) < 4.78 is 28.0. The van der Waals surface area contributed by atoms with Crippen LogP contribution in [0.4, 0.5) is 5.69 Å². The second-order valence-electron chi connectivity index (χ2n) is 8.55. The molecular formula is C25H34ClN3O3S. The fourth-order valence-corrected chi connectivity index (χ4v) is 6.16. The van der Waals surface area contributed by atoms with E-state index < -0.39 is 10.0 Å². The normalized spacial score (nSPS) is 17.0. The van der Waals surface area contributed by atoms with Crippen molar-refractivity contribution in [1.82, 2.24) is 10.2 Å². The minimum Gasteiger partial charge on any atom is -0.354 e. The number of nitrogens with zero attached hydrogens (tertiary/aromatic N) is 2. The number of carbonyl (C=O) groups excluding carboxylic acids is 1. The van der Waals surface area contributed by atoms with E-state index in [4.69, 9.17) is 11.6 Å². The first kappa shape index (κ1) is 25.5. The van der Waals surface area contributed by atoms with Gasteiger partial charge >= 0.3 is 0 Å². The van der Waals surface area contributed by atoms with E-state index in [1.54, 1.807) is 43.3 Å². The molecule has 1 unspecified atom stereocenters. The number of hydrogen-bond acceptors (Lipinski definition) is 4. The number of aryl methyl sites for hydroxylation is 1. The number of rotatable bonds is 10. The van der Waals surface area contributed by atoms with Gasteiger partial charge in [0.15, 0.2) is 0 Å². The first-order valence-corrected chi connectivity index (χ1v) is 13.5. The molecule has 1 heterocycles. The Labute approximate surface area is 203 Å². The molecule has 0 aliphatic carbocycles. The molecule has 2 aromatic carbocycles. The molecule has 180 valence electrons. The number of likely N-dealkylation sites (tertiary alicyclic amines) is 1. The van der Waals surface area contributed by atoms with Crippen molar-refractivity contribution in [3.8, 4) is 0 Å². The number of carbonyl (C=O) groups is 1. The fraction of sp³-hybridized carbons (Fsp3) is 0.480. The van der Waals surface area contributed by atoms with E-state index in [1.807, 2.05) is 0 Å².